The maximum Gasteiger partial charge on any atom is 0.255 e. The van der Waals surface area contributed by atoms with Crippen LogP contribution in [-0.4, -0.2) is 49.6 Å². The molecule has 0 aliphatic carbocycles. The molecule has 132 valence electrons. The molecule has 1 saturated heterocycles. The number of hydrogen-bond donors (Lipinski definition) is 1. The van der Waals surface area contributed by atoms with E-state index in [0.29, 0.717) is 56.3 Å². The minimum atomic E-state index is -0.0591. The zero-order chi connectivity index (χ0) is 17.4. The van der Waals surface area contributed by atoms with Gasteiger partial charge < -0.3 is 15.0 Å². The SMILES string of the molecule is CCOCCCNC(=O)C1CCN(C(=O)c2ccccc2Cl)CC1. The first-order valence-corrected chi connectivity index (χ1v) is 8.90. The number of nitrogens with one attached hydrogen (secondary N) is 1. The Kier molecular flexibility index (Phi) is 7.53. The van der Waals surface area contributed by atoms with E-state index in [9.17, 15) is 9.59 Å². The van der Waals surface area contributed by atoms with Gasteiger partial charge in [0.05, 0.1) is 10.6 Å². The normalized spacial score (nSPS) is 15.3. The van der Waals surface area contributed by atoms with E-state index in [-0.39, 0.29) is 17.7 Å². The lowest BCUT2D eigenvalue weighted by molar-refractivity contribution is -0.126. The summed E-state index contributed by atoms with van der Waals surface area (Å²) in [6.45, 7) is 5.13. The molecule has 24 heavy (non-hydrogen) atoms. The first kappa shape index (κ1) is 18.7. The van der Waals surface area contributed by atoms with Crippen LogP contribution in [-0.2, 0) is 9.53 Å². The van der Waals surface area contributed by atoms with Gasteiger partial charge in [-0.3, -0.25) is 9.59 Å². The van der Waals surface area contributed by atoms with E-state index in [1.807, 2.05) is 13.0 Å². The fourth-order valence-corrected chi connectivity index (χ4v) is 3.04. The molecule has 0 spiro atoms. The van der Waals surface area contributed by atoms with Gasteiger partial charge in [0, 0.05) is 38.8 Å². The third kappa shape index (κ3) is 5.21. The molecule has 0 atom stereocenters. The fourth-order valence-electron chi connectivity index (χ4n) is 2.82. The maximum absolute atomic E-state index is 12.5. The summed E-state index contributed by atoms with van der Waals surface area (Å²) >= 11 is 6.09. The third-order valence-corrected chi connectivity index (χ3v) is 4.56. The standard InChI is InChI=1S/C18H25ClN2O3/c1-2-24-13-5-10-20-17(22)14-8-11-21(12-9-14)18(23)15-6-3-4-7-16(15)19/h3-4,6-7,14H,2,5,8-13H2,1H3,(H,20,22). The van der Waals surface area contributed by atoms with Crippen molar-refractivity contribution in [3.05, 3.63) is 34.9 Å². The Hall–Kier alpha value is -1.59. The number of nitrogens with zero attached hydrogens (tertiary/aromatic N) is 1. The Morgan fingerprint density at radius 1 is 1.29 bits per heavy atom. The van der Waals surface area contributed by atoms with Gasteiger partial charge in [-0.05, 0) is 38.3 Å². The minimum absolute atomic E-state index is 0.0209. The van der Waals surface area contributed by atoms with Crippen LogP contribution in [0.1, 0.15) is 36.5 Å². The van der Waals surface area contributed by atoms with Crippen molar-refractivity contribution in [2.24, 2.45) is 5.92 Å². The summed E-state index contributed by atoms with van der Waals surface area (Å²) in [4.78, 5) is 26.4. The number of amides is 2. The van der Waals surface area contributed by atoms with E-state index in [0.717, 1.165) is 6.42 Å². The third-order valence-electron chi connectivity index (χ3n) is 4.23. The quantitative estimate of drug-likeness (QED) is 0.767. The molecule has 0 aromatic heterocycles. The van der Waals surface area contributed by atoms with Crippen LogP contribution in [0.4, 0.5) is 0 Å². The maximum atomic E-state index is 12.5. The first-order valence-electron chi connectivity index (χ1n) is 8.52. The lowest BCUT2D eigenvalue weighted by atomic mass is 9.95. The van der Waals surface area contributed by atoms with Crippen LogP contribution in [0.5, 0.6) is 0 Å². The Morgan fingerprint density at radius 3 is 2.67 bits per heavy atom. The van der Waals surface area contributed by atoms with Crippen molar-refractivity contribution in [3.8, 4) is 0 Å². The highest BCUT2D eigenvalue weighted by atomic mass is 35.5. The summed E-state index contributed by atoms with van der Waals surface area (Å²) in [5, 5.41) is 3.42. The fraction of sp³-hybridized carbons (Fsp3) is 0.556. The predicted molar refractivity (Wildman–Crippen MR) is 94.2 cm³/mol. The average Bonchev–Trinajstić information content (AvgIpc) is 2.61. The summed E-state index contributed by atoms with van der Waals surface area (Å²) < 4.78 is 5.25. The summed E-state index contributed by atoms with van der Waals surface area (Å²) in [5.41, 5.74) is 0.526. The lowest BCUT2D eigenvalue weighted by Gasteiger charge is -2.31. The van der Waals surface area contributed by atoms with Crippen LogP contribution in [0.25, 0.3) is 0 Å². The molecule has 0 unspecified atom stereocenters. The zero-order valence-electron chi connectivity index (χ0n) is 14.1. The van der Waals surface area contributed by atoms with E-state index in [2.05, 4.69) is 5.32 Å². The molecule has 2 rings (SSSR count). The van der Waals surface area contributed by atoms with E-state index in [4.69, 9.17) is 16.3 Å². The number of ether oxygens (including phenoxy) is 1. The smallest absolute Gasteiger partial charge is 0.255 e. The van der Waals surface area contributed by atoms with Crippen LogP contribution in [0.15, 0.2) is 24.3 Å². The van der Waals surface area contributed by atoms with Gasteiger partial charge in [0.1, 0.15) is 0 Å². The molecule has 1 aliphatic rings. The monoisotopic (exact) mass is 352 g/mol. The van der Waals surface area contributed by atoms with Gasteiger partial charge in [0.25, 0.3) is 5.91 Å². The molecule has 0 bridgehead atoms. The lowest BCUT2D eigenvalue weighted by Crippen LogP contribution is -2.43. The number of piperidine rings is 1. The van der Waals surface area contributed by atoms with Gasteiger partial charge in [-0.2, -0.15) is 0 Å². The molecule has 1 aromatic rings. The van der Waals surface area contributed by atoms with Crippen molar-refractivity contribution in [1.29, 1.82) is 0 Å². The van der Waals surface area contributed by atoms with Crippen molar-refractivity contribution in [3.63, 3.8) is 0 Å². The highest BCUT2D eigenvalue weighted by Crippen LogP contribution is 2.22. The summed E-state index contributed by atoms with van der Waals surface area (Å²) in [5.74, 6) is -0.0000905. The number of rotatable bonds is 7. The Morgan fingerprint density at radius 2 is 2.00 bits per heavy atom. The van der Waals surface area contributed by atoms with Gasteiger partial charge >= 0.3 is 0 Å². The molecular weight excluding hydrogens is 328 g/mol. The Balaban J connectivity index is 1.76. The van der Waals surface area contributed by atoms with Crippen molar-refractivity contribution in [2.45, 2.75) is 26.2 Å². The topological polar surface area (TPSA) is 58.6 Å². The van der Waals surface area contributed by atoms with Crippen LogP contribution >= 0.6 is 11.6 Å². The van der Waals surface area contributed by atoms with Gasteiger partial charge in [-0.1, -0.05) is 23.7 Å². The second kappa shape index (κ2) is 9.64. The Labute approximate surface area is 148 Å². The summed E-state index contributed by atoms with van der Waals surface area (Å²) in [7, 11) is 0. The van der Waals surface area contributed by atoms with E-state index < -0.39 is 0 Å². The van der Waals surface area contributed by atoms with Crippen LogP contribution < -0.4 is 5.32 Å². The number of carbonyl (C=O) groups is 2. The molecule has 1 N–H and O–H groups in total. The molecule has 5 nitrogen and oxygen atoms in total. The van der Waals surface area contributed by atoms with Crippen molar-refractivity contribution in [1.82, 2.24) is 10.2 Å². The second-order valence-corrected chi connectivity index (χ2v) is 6.30. The van der Waals surface area contributed by atoms with Crippen molar-refractivity contribution >= 4 is 23.4 Å². The van der Waals surface area contributed by atoms with E-state index >= 15 is 0 Å². The molecular formula is C18H25ClN2O3. The predicted octanol–water partition coefficient (Wildman–Crippen LogP) is 2.74. The van der Waals surface area contributed by atoms with Gasteiger partial charge in [0.15, 0.2) is 0 Å². The summed E-state index contributed by atoms with van der Waals surface area (Å²) in [6, 6.07) is 7.07. The number of halogens is 1. The number of benzene rings is 1. The molecule has 1 aromatic carbocycles. The summed E-state index contributed by atoms with van der Waals surface area (Å²) in [6.07, 6.45) is 2.20. The molecule has 6 heteroatoms. The first-order chi connectivity index (χ1) is 11.6. The molecule has 0 saturated carbocycles. The molecule has 2 amide bonds. The van der Waals surface area contributed by atoms with Crippen molar-refractivity contribution < 1.29 is 14.3 Å². The second-order valence-electron chi connectivity index (χ2n) is 5.89. The largest absolute Gasteiger partial charge is 0.382 e. The molecule has 1 fully saturated rings. The van der Waals surface area contributed by atoms with Gasteiger partial charge in [0.2, 0.25) is 5.91 Å². The number of likely N-dealkylation sites (tertiary alicyclic amines) is 1. The van der Waals surface area contributed by atoms with Crippen LogP contribution in [0.2, 0.25) is 5.02 Å². The highest BCUT2D eigenvalue weighted by Gasteiger charge is 2.28. The zero-order valence-corrected chi connectivity index (χ0v) is 14.8. The van der Waals surface area contributed by atoms with E-state index in [1.54, 1.807) is 23.1 Å². The molecule has 0 radical (unpaired) electrons. The molecule has 1 heterocycles. The van der Waals surface area contributed by atoms with Gasteiger partial charge in [-0.15, -0.1) is 0 Å². The van der Waals surface area contributed by atoms with E-state index in [1.165, 1.54) is 0 Å². The van der Waals surface area contributed by atoms with Crippen molar-refractivity contribution in [2.75, 3.05) is 32.8 Å². The highest BCUT2D eigenvalue weighted by molar-refractivity contribution is 6.33. The van der Waals surface area contributed by atoms with Gasteiger partial charge in [-0.25, -0.2) is 0 Å². The Bertz CT molecular complexity index is 557. The van der Waals surface area contributed by atoms with Crippen LogP contribution in [0, 0.1) is 5.92 Å². The number of carbonyl (C=O) groups excluding carboxylic acids is 2. The average molecular weight is 353 g/mol. The van der Waals surface area contributed by atoms with Crippen LogP contribution in [0.3, 0.4) is 0 Å². The number of hydrogen-bond acceptors (Lipinski definition) is 3. The minimum Gasteiger partial charge on any atom is -0.382 e. The molecule has 1 aliphatic heterocycles.